The first-order valence-electron chi connectivity index (χ1n) is 23.8. The number of phenols is 1. The predicted octanol–water partition coefficient (Wildman–Crippen LogP) is 15.8. The van der Waals surface area contributed by atoms with E-state index in [4.69, 9.17) is 9.97 Å². The first-order valence-corrected chi connectivity index (χ1v) is 23.8. The Morgan fingerprint density at radius 3 is 1.68 bits per heavy atom. The van der Waals surface area contributed by atoms with Gasteiger partial charge in [0.2, 0.25) is 0 Å². The molecule has 4 nitrogen and oxygen atoms in total. The number of hydrogen-bond acceptors (Lipinski definition) is 3. The van der Waals surface area contributed by atoms with Crippen molar-refractivity contribution < 1.29 is 26.2 Å². The van der Waals surface area contributed by atoms with Crippen molar-refractivity contribution in [2.24, 2.45) is 0 Å². The van der Waals surface area contributed by atoms with E-state index in [0.29, 0.717) is 11.4 Å². The largest absolute Gasteiger partial charge is 0.507 e. The van der Waals surface area contributed by atoms with E-state index in [1.165, 1.54) is 38.9 Å². The topological polar surface area (TPSA) is 50.9 Å². The van der Waals surface area contributed by atoms with Gasteiger partial charge in [-0.15, -0.1) is 29.3 Å². The molecule has 0 saturated heterocycles. The summed E-state index contributed by atoms with van der Waals surface area (Å²) in [4.78, 5) is 10.6. The first kappa shape index (κ1) is 44.4. The maximum Gasteiger partial charge on any atom is 0.148 e. The third-order valence-corrected chi connectivity index (χ3v) is 14.3. The summed E-state index contributed by atoms with van der Waals surface area (Å²) in [6.45, 7) is 13.6. The van der Waals surface area contributed by atoms with Gasteiger partial charge in [-0.1, -0.05) is 186 Å². The second kappa shape index (κ2) is 16.8. The zero-order valence-electron chi connectivity index (χ0n) is 39.7. The van der Waals surface area contributed by atoms with Crippen molar-refractivity contribution in [3.05, 3.63) is 239 Å². The van der Waals surface area contributed by atoms with Crippen LogP contribution in [0.5, 0.6) is 5.75 Å². The van der Waals surface area contributed by atoms with Crippen LogP contribution in [-0.4, -0.2) is 19.6 Å². The van der Waals surface area contributed by atoms with E-state index in [0.717, 1.165) is 66.9 Å². The van der Waals surface area contributed by atoms with Crippen LogP contribution >= 0.6 is 0 Å². The van der Waals surface area contributed by atoms with Crippen molar-refractivity contribution in [3.63, 3.8) is 0 Å². The van der Waals surface area contributed by atoms with Gasteiger partial charge in [-0.05, 0) is 103 Å². The number of benzene rings is 8. The van der Waals surface area contributed by atoms with E-state index in [2.05, 4.69) is 222 Å². The molecule has 2 bridgehead atoms. The molecule has 2 heterocycles. The summed E-state index contributed by atoms with van der Waals surface area (Å²) >= 11 is 0. The maximum atomic E-state index is 12.6. The Kier molecular flexibility index (Phi) is 10.8. The number of para-hydroxylation sites is 1. The Morgan fingerprint density at radius 2 is 1.06 bits per heavy atom. The molecule has 8 aromatic carbocycles. The normalized spacial score (nSPS) is 14.8. The summed E-state index contributed by atoms with van der Waals surface area (Å²) in [6, 6.07) is 69.0. The van der Waals surface area contributed by atoms with E-state index < -0.39 is 0 Å². The van der Waals surface area contributed by atoms with Crippen molar-refractivity contribution in [3.8, 4) is 67.5 Å². The predicted molar refractivity (Wildman–Crippen MR) is 279 cm³/mol. The van der Waals surface area contributed by atoms with Crippen LogP contribution in [0.1, 0.15) is 97.9 Å². The molecule has 69 heavy (non-hydrogen) atoms. The molecule has 13 rings (SSSR count). The van der Waals surface area contributed by atoms with E-state index in [9.17, 15) is 5.11 Å². The Labute approximate surface area is 419 Å². The second-order valence-corrected chi connectivity index (χ2v) is 20.7. The van der Waals surface area contributed by atoms with E-state index in [1.807, 2.05) is 18.3 Å². The van der Waals surface area contributed by atoms with Crippen LogP contribution in [0.2, 0.25) is 0 Å². The number of pyridine rings is 1. The zero-order chi connectivity index (χ0) is 46.5. The van der Waals surface area contributed by atoms with Crippen LogP contribution in [0, 0.1) is 6.07 Å². The molecule has 0 amide bonds. The van der Waals surface area contributed by atoms with Gasteiger partial charge in [0.15, 0.2) is 0 Å². The molecule has 5 heteroatoms. The fourth-order valence-electron chi connectivity index (χ4n) is 10.8. The van der Waals surface area contributed by atoms with Gasteiger partial charge in [0.05, 0.1) is 22.3 Å². The molecule has 3 aliphatic carbocycles. The third-order valence-electron chi connectivity index (χ3n) is 14.3. The number of hydrogen-bond donors (Lipinski definition) is 1. The number of fused-ring (bicyclic) bond motifs is 1. The Bertz CT molecular complexity index is 3570. The SMILES string of the molecule is CC(C)(C)c1cc(-c2cc(-c3ccccc3)ccn2)[c-]c(-c2cccc3c2nc(-c2cc4c(cc2O)C2c5ccccc5C4c4ccccc42)n3-c2ccc(C(C)(C)C)cc2-c2ccccc2)c1.[Pt]. The third kappa shape index (κ3) is 7.49. The Hall–Kier alpha value is -7.13. The molecular formula is C64H52N3OPt-. The summed E-state index contributed by atoms with van der Waals surface area (Å²) in [6.07, 6.45) is 1.90. The molecular weight excluding hydrogens is 1020 g/mol. The van der Waals surface area contributed by atoms with Crippen LogP contribution in [0.25, 0.3) is 72.7 Å². The van der Waals surface area contributed by atoms with Gasteiger partial charge in [0, 0.05) is 50.4 Å². The van der Waals surface area contributed by atoms with Crippen LogP contribution in [0.15, 0.2) is 188 Å². The Balaban J connectivity index is 0.00000520. The average Bonchev–Trinajstić information content (AvgIpc) is 3.75. The van der Waals surface area contributed by atoms with Crippen molar-refractivity contribution in [2.45, 2.75) is 64.2 Å². The fraction of sp³-hybridized carbons (Fsp3) is 0.156. The molecule has 340 valence electrons. The molecule has 0 radical (unpaired) electrons. The molecule has 0 unspecified atom stereocenters. The maximum absolute atomic E-state index is 12.6. The molecule has 3 aliphatic rings. The second-order valence-electron chi connectivity index (χ2n) is 20.7. The number of nitrogens with zero attached hydrogens (tertiary/aromatic N) is 3. The van der Waals surface area contributed by atoms with Crippen molar-refractivity contribution in [2.75, 3.05) is 0 Å². The molecule has 0 saturated carbocycles. The number of imidazole rings is 1. The minimum Gasteiger partial charge on any atom is -0.507 e. The number of aromatic nitrogens is 3. The van der Waals surface area contributed by atoms with Crippen LogP contribution in [0.4, 0.5) is 0 Å². The Morgan fingerprint density at radius 1 is 0.478 bits per heavy atom. The van der Waals surface area contributed by atoms with Crippen LogP contribution in [0.3, 0.4) is 0 Å². The summed E-state index contributed by atoms with van der Waals surface area (Å²) < 4.78 is 2.29. The molecule has 0 aliphatic heterocycles. The van der Waals surface area contributed by atoms with Crippen molar-refractivity contribution in [1.82, 2.24) is 14.5 Å². The van der Waals surface area contributed by atoms with Gasteiger partial charge in [0.1, 0.15) is 11.6 Å². The summed E-state index contributed by atoms with van der Waals surface area (Å²) in [5, 5.41) is 12.6. The monoisotopic (exact) mass is 1070 g/mol. The molecule has 0 fully saturated rings. The summed E-state index contributed by atoms with van der Waals surface area (Å²) in [5.41, 5.74) is 21.4. The van der Waals surface area contributed by atoms with Gasteiger partial charge >= 0.3 is 0 Å². The number of phenolic OH excluding ortho intramolecular Hbond substituents is 1. The molecule has 2 aromatic heterocycles. The van der Waals surface area contributed by atoms with Gasteiger partial charge < -0.3 is 5.11 Å². The number of aromatic hydroxyl groups is 1. The van der Waals surface area contributed by atoms with Gasteiger partial charge in [-0.2, -0.15) is 0 Å². The molecule has 10 aromatic rings. The van der Waals surface area contributed by atoms with Gasteiger partial charge in [-0.25, -0.2) is 4.98 Å². The summed E-state index contributed by atoms with van der Waals surface area (Å²) in [7, 11) is 0. The van der Waals surface area contributed by atoms with E-state index in [-0.39, 0.29) is 49.5 Å². The van der Waals surface area contributed by atoms with Gasteiger partial charge in [0.25, 0.3) is 0 Å². The van der Waals surface area contributed by atoms with Crippen LogP contribution in [-0.2, 0) is 31.9 Å². The minimum atomic E-state index is -0.168. The van der Waals surface area contributed by atoms with Crippen molar-refractivity contribution >= 4 is 11.0 Å². The molecule has 1 N–H and O–H groups in total. The number of rotatable bonds is 6. The van der Waals surface area contributed by atoms with Crippen LogP contribution < -0.4 is 0 Å². The summed E-state index contributed by atoms with van der Waals surface area (Å²) in [5.74, 6) is 0.958. The van der Waals surface area contributed by atoms with E-state index in [1.54, 1.807) is 0 Å². The standard InChI is InChI=1S/C64H52N3O.Pt/c1-63(2,3)44-28-29-56(51(36-44)40-20-11-8-12-21-40)67-57-27-17-26-46(42-32-43(34-45(33-42)64(4,5)6)55-35-41(30-31-65-55)39-18-9-7-10-19-39)61(57)66-62(67)54-37-52-53(38-58(54)68)60-49-24-15-13-22-47(49)59(52)48-23-14-16-25-50(48)60;/h7-31,33-38,59-60,68H,1-6H3;/q-1;. The average molecular weight is 1070 g/mol. The van der Waals surface area contributed by atoms with Crippen molar-refractivity contribution in [1.29, 1.82) is 0 Å². The van der Waals surface area contributed by atoms with E-state index >= 15 is 0 Å². The van der Waals surface area contributed by atoms with Gasteiger partial charge in [-0.3, -0.25) is 9.55 Å². The molecule has 0 spiro atoms. The fourth-order valence-corrected chi connectivity index (χ4v) is 10.8. The zero-order valence-corrected chi connectivity index (χ0v) is 41.9. The quantitative estimate of drug-likeness (QED) is 0.169. The minimum absolute atomic E-state index is 0. The first-order chi connectivity index (χ1) is 32.9. The molecule has 0 atom stereocenters. The smallest absolute Gasteiger partial charge is 0.148 e.